The molecule has 0 bridgehead atoms. The smallest absolute Gasteiger partial charge is 0.279 e. The molecule has 222 valence electrons. The number of thiophene rings is 4. The summed E-state index contributed by atoms with van der Waals surface area (Å²) in [5, 5.41) is 10.2. The van der Waals surface area contributed by atoms with E-state index in [0.717, 1.165) is 39.0 Å². The van der Waals surface area contributed by atoms with Gasteiger partial charge in [0.2, 0.25) is 0 Å². The predicted octanol–water partition coefficient (Wildman–Crippen LogP) is 6.57. The van der Waals surface area contributed by atoms with Gasteiger partial charge in [-0.05, 0) is 37.1 Å². The number of hydrogen-bond acceptors (Lipinski definition) is 11. The summed E-state index contributed by atoms with van der Waals surface area (Å²) in [6.45, 7) is 14.7. The maximum atomic E-state index is 13.0. The second-order valence-electron chi connectivity index (χ2n) is 11.3. The third-order valence-corrected chi connectivity index (χ3v) is 13.5. The summed E-state index contributed by atoms with van der Waals surface area (Å²) in [6, 6.07) is 3.86. The molecule has 0 atom stereocenters. The zero-order valence-electron chi connectivity index (χ0n) is 24.6. The molecule has 45 heavy (non-hydrogen) atoms. The largest absolute Gasteiger partial charge is 0.286 e. The van der Waals surface area contributed by atoms with Crippen LogP contribution in [-0.2, 0) is 24.6 Å². The molecule has 0 fully saturated rings. The van der Waals surface area contributed by atoms with E-state index < -0.39 is 29.0 Å². The van der Waals surface area contributed by atoms with Gasteiger partial charge in [0.25, 0.3) is 29.3 Å². The van der Waals surface area contributed by atoms with Crippen LogP contribution in [0.4, 0.5) is 5.00 Å². The van der Waals surface area contributed by atoms with Crippen molar-refractivity contribution in [3.8, 4) is 6.07 Å². The van der Waals surface area contributed by atoms with Crippen LogP contribution in [0.15, 0.2) is 44.2 Å². The maximum absolute atomic E-state index is 13.0. The fourth-order valence-corrected chi connectivity index (χ4v) is 11.7. The van der Waals surface area contributed by atoms with Crippen molar-refractivity contribution in [2.45, 2.75) is 33.1 Å². The van der Waals surface area contributed by atoms with E-state index in [1.165, 1.54) is 34.8 Å². The lowest BCUT2D eigenvalue weighted by Gasteiger charge is -2.25. The summed E-state index contributed by atoms with van der Waals surface area (Å²) >= 11 is 6.50. The van der Waals surface area contributed by atoms with Gasteiger partial charge in [0.15, 0.2) is 0 Å². The first kappa shape index (κ1) is 29.1. The van der Waals surface area contributed by atoms with Crippen molar-refractivity contribution in [1.29, 1.82) is 5.26 Å². The average molecular weight is 669 g/mol. The first-order valence-electron chi connectivity index (χ1n) is 13.5. The number of amides is 4. The topological polar surface area (TPSA) is 128 Å². The molecule has 0 spiro atoms. The van der Waals surface area contributed by atoms with Crippen molar-refractivity contribution in [2.75, 3.05) is 14.1 Å². The Morgan fingerprint density at radius 3 is 2.11 bits per heavy atom. The number of rotatable bonds is 2. The van der Waals surface area contributed by atoms with Crippen molar-refractivity contribution >= 4 is 120 Å². The quantitative estimate of drug-likeness (QED) is 0.176. The lowest BCUT2D eigenvalue weighted by molar-refractivity contribution is -0.138. The Hall–Kier alpha value is -4.60. The van der Waals surface area contributed by atoms with Crippen molar-refractivity contribution in [2.24, 2.45) is 9.98 Å². The Morgan fingerprint density at radius 1 is 0.822 bits per heavy atom. The Kier molecular flexibility index (Phi) is 6.28. The first-order chi connectivity index (χ1) is 21.3. The normalized spacial score (nSPS) is 20.5. The van der Waals surface area contributed by atoms with Crippen LogP contribution < -0.4 is 0 Å². The third kappa shape index (κ3) is 3.87. The third-order valence-electron chi connectivity index (χ3n) is 8.30. The number of carbonyl (C=O) groups excluding carboxylic acids is 4. The van der Waals surface area contributed by atoms with E-state index in [4.69, 9.17) is 11.6 Å². The minimum absolute atomic E-state index is 0.0845. The molecule has 3 aliphatic rings. The van der Waals surface area contributed by atoms with Gasteiger partial charge in [0.1, 0.15) is 28.1 Å². The monoisotopic (exact) mass is 668 g/mol. The molecule has 4 aromatic heterocycles. The molecular formula is C31H20N6O4S4. The lowest BCUT2D eigenvalue weighted by atomic mass is 9.86. The molecule has 2 aliphatic heterocycles. The predicted molar refractivity (Wildman–Crippen MR) is 179 cm³/mol. The highest BCUT2D eigenvalue weighted by Crippen LogP contribution is 2.57. The number of carbonyl (C=O) groups is 4. The lowest BCUT2D eigenvalue weighted by Crippen LogP contribution is -2.44. The summed E-state index contributed by atoms with van der Waals surface area (Å²) in [7, 11) is 2.71. The molecular weight excluding hydrogens is 649 g/mol. The minimum atomic E-state index is -0.625. The maximum Gasteiger partial charge on any atom is 0.279 e. The van der Waals surface area contributed by atoms with Crippen molar-refractivity contribution in [3.63, 3.8) is 0 Å². The van der Waals surface area contributed by atoms with E-state index in [2.05, 4.69) is 23.7 Å². The van der Waals surface area contributed by atoms with Crippen molar-refractivity contribution in [1.82, 2.24) is 9.80 Å². The molecule has 4 amide bonds. The summed E-state index contributed by atoms with van der Waals surface area (Å²) in [4.78, 5) is 66.3. The van der Waals surface area contributed by atoms with Crippen LogP contribution in [-0.4, -0.2) is 58.9 Å². The number of nitrogens with zero attached hydrogens (tertiary/aromatic N) is 6. The fraction of sp³-hybridized carbons (Fsp3) is 0.226. The molecule has 6 heterocycles. The molecule has 0 saturated carbocycles. The van der Waals surface area contributed by atoms with E-state index in [-0.39, 0.29) is 33.8 Å². The van der Waals surface area contributed by atoms with Crippen LogP contribution >= 0.6 is 45.3 Å². The number of allylic oxidation sites excluding steroid dienone is 1. The molecule has 7 rings (SSSR count). The van der Waals surface area contributed by atoms with Gasteiger partial charge in [-0.2, -0.15) is 5.26 Å². The molecule has 1 aliphatic carbocycles. The Balaban J connectivity index is 1.31. The average Bonchev–Trinajstić information content (AvgIpc) is 3.76. The number of nitriles is 1. The van der Waals surface area contributed by atoms with E-state index >= 15 is 0 Å². The standard InChI is InChI=1S/C31H20N6O4S4/c1-11-13(10-32)27(38)36(6)29(40)20(11)34-16-8-14-18(31(16,3)4)23-25(42-14)26-24(45-23)22-15(43-26)9-17(44-22)35-21-12(2)19(33-5)28(39)37(7)30(21)41/h8-9H,1-4,6-7H3. The van der Waals surface area contributed by atoms with Crippen LogP contribution in [0, 0.1) is 17.9 Å². The molecule has 0 saturated heterocycles. The Bertz CT molecular complexity index is 2410. The molecule has 0 unspecified atom stereocenters. The zero-order chi connectivity index (χ0) is 32.3. The van der Waals surface area contributed by atoms with Gasteiger partial charge < -0.3 is 0 Å². The van der Waals surface area contributed by atoms with Gasteiger partial charge in [0.05, 0.1) is 35.8 Å². The highest BCUT2D eigenvalue weighted by atomic mass is 32.1. The van der Waals surface area contributed by atoms with Crippen molar-refractivity contribution < 1.29 is 19.2 Å². The van der Waals surface area contributed by atoms with E-state index in [9.17, 15) is 24.4 Å². The summed E-state index contributed by atoms with van der Waals surface area (Å²) in [5.74, 6) is -2.31. The molecule has 14 heteroatoms. The number of fused-ring (bicyclic) bond motifs is 7. The van der Waals surface area contributed by atoms with E-state index in [1.807, 2.05) is 18.2 Å². The van der Waals surface area contributed by atoms with Gasteiger partial charge in [0, 0.05) is 34.7 Å². The summed E-state index contributed by atoms with van der Waals surface area (Å²) in [6.07, 6.45) is 1.99. The van der Waals surface area contributed by atoms with Gasteiger partial charge in [-0.3, -0.25) is 29.0 Å². The number of aliphatic imine (C=N–C) groups is 2. The second kappa shape index (κ2) is 9.70. The molecule has 0 N–H and O–H groups in total. The highest BCUT2D eigenvalue weighted by Gasteiger charge is 2.41. The van der Waals surface area contributed by atoms with Crippen LogP contribution in [0.3, 0.4) is 0 Å². The Labute approximate surface area is 272 Å². The molecule has 0 radical (unpaired) electrons. The molecule has 0 aromatic carbocycles. The number of imide groups is 2. The fourth-order valence-electron chi connectivity index (χ4n) is 5.69. The molecule has 4 aromatic rings. The molecule has 10 nitrogen and oxygen atoms in total. The van der Waals surface area contributed by atoms with Crippen LogP contribution in [0.2, 0.25) is 0 Å². The van der Waals surface area contributed by atoms with Gasteiger partial charge in [-0.15, -0.1) is 45.3 Å². The number of hydrogen-bond donors (Lipinski definition) is 0. The zero-order valence-corrected chi connectivity index (χ0v) is 27.9. The van der Waals surface area contributed by atoms with E-state index in [0.29, 0.717) is 10.7 Å². The van der Waals surface area contributed by atoms with Gasteiger partial charge in [-0.25, -0.2) is 14.8 Å². The summed E-state index contributed by atoms with van der Waals surface area (Å²) in [5.41, 5.74) is 1.85. The first-order valence-corrected chi connectivity index (χ1v) is 16.7. The SMILES string of the molecule is [C-]#[N+]C1=C(C)C(=Nc2cc3sc4c5sc6c(c5sc4c3s2)C(C)(C)C(N=C2C(=O)N(C)C(=O)C(C#N)=C2C)=C6)C(=O)N(C)C1=O. The number of likely N-dealkylation sites (N-methyl/N-ethyl adjacent to an activating group) is 2. The Morgan fingerprint density at radius 2 is 1.44 bits per heavy atom. The second-order valence-corrected chi connectivity index (χ2v) is 15.4. The highest BCUT2D eigenvalue weighted by molar-refractivity contribution is 7.45. The van der Waals surface area contributed by atoms with Gasteiger partial charge >= 0.3 is 0 Å². The van der Waals surface area contributed by atoms with E-state index in [1.54, 1.807) is 47.9 Å². The van der Waals surface area contributed by atoms with Crippen LogP contribution in [0.1, 0.15) is 38.1 Å². The van der Waals surface area contributed by atoms with Crippen molar-refractivity contribution in [3.05, 3.63) is 56.0 Å². The van der Waals surface area contributed by atoms with Gasteiger partial charge in [-0.1, -0.05) is 13.8 Å². The van der Waals surface area contributed by atoms with Crippen LogP contribution in [0.5, 0.6) is 0 Å². The summed E-state index contributed by atoms with van der Waals surface area (Å²) < 4.78 is 6.74. The van der Waals surface area contributed by atoms with Crippen LogP contribution in [0.25, 0.3) is 39.1 Å². The minimum Gasteiger partial charge on any atom is -0.286 e.